The minimum Gasteiger partial charge on any atom is -0.159 e. The van der Waals surface area contributed by atoms with Gasteiger partial charge in [-0.25, -0.2) is 0 Å². The Morgan fingerprint density at radius 3 is 2.14 bits per heavy atom. The average Bonchev–Trinajstić information content (AvgIpc) is 2.16. The van der Waals surface area contributed by atoms with Gasteiger partial charge in [0.15, 0.2) is 0 Å². The Morgan fingerprint density at radius 1 is 0.929 bits per heavy atom. The molecule has 0 aromatic carbocycles. The summed E-state index contributed by atoms with van der Waals surface area (Å²) in [6, 6.07) is 0. The van der Waals surface area contributed by atoms with Crippen molar-refractivity contribution in [2.75, 3.05) is 23.0 Å². The second kappa shape index (κ2) is 5.65. The number of rotatable bonds is 0. The van der Waals surface area contributed by atoms with Gasteiger partial charge in [-0.2, -0.15) is 11.8 Å². The summed E-state index contributed by atoms with van der Waals surface area (Å²) in [4.78, 5) is 0. The minimum atomic E-state index is 0.533. The highest BCUT2D eigenvalue weighted by molar-refractivity contribution is 8.34. The third kappa shape index (κ3) is 3.19. The second-order valence-corrected chi connectivity index (χ2v) is 10.3. The molecule has 1 atom stereocenters. The van der Waals surface area contributed by atoms with E-state index in [0.717, 1.165) is 5.25 Å². The number of hydrogen-bond acceptors (Lipinski definition) is 4. The van der Waals surface area contributed by atoms with Crippen LogP contribution >= 0.6 is 47.0 Å². The monoisotopic (exact) mass is 266 g/mol. The highest BCUT2D eigenvalue weighted by Crippen LogP contribution is 2.55. The van der Waals surface area contributed by atoms with Gasteiger partial charge < -0.3 is 0 Å². The van der Waals surface area contributed by atoms with Crippen LogP contribution < -0.4 is 0 Å². The molecule has 4 heteroatoms. The van der Waals surface area contributed by atoms with Crippen LogP contribution in [0.3, 0.4) is 0 Å². The number of thioether (sulfide) groups is 4. The predicted octanol–water partition coefficient (Wildman–Crippen LogP) is 4.16. The molecule has 2 heterocycles. The van der Waals surface area contributed by atoms with Crippen LogP contribution in [0.1, 0.15) is 26.2 Å². The van der Waals surface area contributed by atoms with Gasteiger partial charge >= 0.3 is 0 Å². The summed E-state index contributed by atoms with van der Waals surface area (Å²) in [5.74, 6) is 5.52. The Morgan fingerprint density at radius 2 is 1.50 bits per heavy atom. The zero-order valence-corrected chi connectivity index (χ0v) is 11.9. The van der Waals surface area contributed by atoms with E-state index in [4.69, 9.17) is 0 Å². The molecular formula is C10H18S4. The maximum absolute atomic E-state index is 2.41. The molecule has 14 heavy (non-hydrogen) atoms. The van der Waals surface area contributed by atoms with E-state index in [2.05, 4.69) is 54.0 Å². The molecule has 82 valence electrons. The summed E-state index contributed by atoms with van der Waals surface area (Å²) in [5, 5.41) is 0.862. The predicted molar refractivity (Wildman–Crippen MR) is 75.9 cm³/mol. The molecule has 1 unspecified atom stereocenters. The van der Waals surface area contributed by atoms with Crippen molar-refractivity contribution in [1.82, 2.24) is 0 Å². The molecule has 0 aromatic heterocycles. The van der Waals surface area contributed by atoms with E-state index in [1.165, 1.54) is 42.3 Å². The van der Waals surface area contributed by atoms with Crippen LogP contribution in [0.2, 0.25) is 0 Å². The van der Waals surface area contributed by atoms with Crippen LogP contribution in [0, 0.1) is 0 Å². The van der Waals surface area contributed by atoms with Gasteiger partial charge in [-0.3, -0.25) is 0 Å². The second-order valence-electron chi connectivity index (χ2n) is 3.82. The van der Waals surface area contributed by atoms with E-state index < -0.39 is 0 Å². The van der Waals surface area contributed by atoms with Crippen LogP contribution in [-0.4, -0.2) is 31.7 Å². The molecule has 0 nitrogen and oxygen atoms in total. The van der Waals surface area contributed by atoms with Crippen molar-refractivity contribution < 1.29 is 0 Å². The van der Waals surface area contributed by atoms with Crippen molar-refractivity contribution in [3.05, 3.63) is 0 Å². The zero-order valence-electron chi connectivity index (χ0n) is 8.66. The van der Waals surface area contributed by atoms with E-state index in [0.29, 0.717) is 3.41 Å². The van der Waals surface area contributed by atoms with Crippen molar-refractivity contribution in [3.63, 3.8) is 0 Å². The average molecular weight is 267 g/mol. The fourth-order valence-electron chi connectivity index (χ4n) is 1.80. The molecular weight excluding hydrogens is 248 g/mol. The number of hydrogen-bond donors (Lipinski definition) is 0. The largest absolute Gasteiger partial charge is 0.159 e. The lowest BCUT2D eigenvalue weighted by atomic mass is 10.4. The van der Waals surface area contributed by atoms with Crippen molar-refractivity contribution >= 4 is 47.0 Å². The molecule has 0 aliphatic carbocycles. The van der Waals surface area contributed by atoms with Crippen LogP contribution in [0.25, 0.3) is 0 Å². The molecule has 0 saturated carbocycles. The van der Waals surface area contributed by atoms with Gasteiger partial charge in [0.05, 0.1) is 0 Å². The van der Waals surface area contributed by atoms with Crippen molar-refractivity contribution in [2.45, 2.75) is 34.8 Å². The van der Waals surface area contributed by atoms with Crippen LogP contribution in [0.4, 0.5) is 0 Å². The van der Waals surface area contributed by atoms with Gasteiger partial charge in [-0.05, 0) is 42.3 Å². The summed E-state index contributed by atoms with van der Waals surface area (Å²) in [6.45, 7) is 2.41. The third-order valence-corrected chi connectivity index (χ3v) is 9.16. The van der Waals surface area contributed by atoms with E-state index >= 15 is 0 Å². The normalized spacial score (nSPS) is 33.6. The Balaban J connectivity index is 1.98. The molecule has 2 aliphatic rings. The standard InChI is InChI=1S/C10H18S4/c1-9-8-10(12-5-2-4-11-9)13-6-3-7-14-10/h9H,2-8H2,1H3. The summed E-state index contributed by atoms with van der Waals surface area (Å²) >= 11 is 8.87. The Kier molecular flexibility index (Phi) is 4.79. The van der Waals surface area contributed by atoms with Crippen molar-refractivity contribution in [3.8, 4) is 0 Å². The Labute approximate surface area is 105 Å². The SMILES string of the molecule is CC1CC2(SCCCS1)SCCCS2. The van der Waals surface area contributed by atoms with Crippen molar-refractivity contribution in [2.24, 2.45) is 0 Å². The first-order valence-corrected chi connectivity index (χ1v) is 9.35. The van der Waals surface area contributed by atoms with E-state index in [-0.39, 0.29) is 0 Å². The molecule has 2 saturated heterocycles. The molecule has 0 amide bonds. The van der Waals surface area contributed by atoms with Crippen LogP contribution in [-0.2, 0) is 0 Å². The highest BCUT2D eigenvalue weighted by atomic mass is 32.3. The third-order valence-electron chi connectivity index (χ3n) is 2.48. The lowest BCUT2D eigenvalue weighted by Crippen LogP contribution is -2.27. The Hall–Kier alpha value is 1.40. The zero-order chi connectivity index (χ0) is 9.86. The van der Waals surface area contributed by atoms with Gasteiger partial charge in [0.2, 0.25) is 0 Å². The van der Waals surface area contributed by atoms with Crippen molar-refractivity contribution in [1.29, 1.82) is 0 Å². The first-order chi connectivity index (χ1) is 6.81. The van der Waals surface area contributed by atoms with Gasteiger partial charge in [0, 0.05) is 5.25 Å². The summed E-state index contributed by atoms with van der Waals surface area (Å²) in [5.41, 5.74) is 0. The summed E-state index contributed by atoms with van der Waals surface area (Å²) in [6.07, 6.45) is 4.22. The first-order valence-electron chi connectivity index (χ1n) is 5.34. The summed E-state index contributed by atoms with van der Waals surface area (Å²) < 4.78 is 0.533. The van der Waals surface area contributed by atoms with Gasteiger partial charge in [-0.15, -0.1) is 35.3 Å². The lowest BCUT2D eigenvalue weighted by molar-refractivity contribution is 0.842. The van der Waals surface area contributed by atoms with E-state index in [1.807, 2.05) is 0 Å². The molecule has 0 radical (unpaired) electrons. The van der Waals surface area contributed by atoms with E-state index in [9.17, 15) is 0 Å². The molecule has 2 fully saturated rings. The summed E-state index contributed by atoms with van der Waals surface area (Å²) in [7, 11) is 0. The topological polar surface area (TPSA) is 0 Å². The van der Waals surface area contributed by atoms with Crippen LogP contribution in [0.15, 0.2) is 0 Å². The van der Waals surface area contributed by atoms with Crippen LogP contribution in [0.5, 0.6) is 0 Å². The maximum Gasteiger partial charge on any atom is 0.108 e. The van der Waals surface area contributed by atoms with Gasteiger partial charge in [0.25, 0.3) is 0 Å². The smallest absolute Gasteiger partial charge is 0.108 e. The van der Waals surface area contributed by atoms with Gasteiger partial charge in [0.1, 0.15) is 3.41 Å². The molecule has 0 N–H and O–H groups in total. The fourth-order valence-corrected chi connectivity index (χ4v) is 8.96. The molecule has 1 spiro atoms. The highest BCUT2D eigenvalue weighted by Gasteiger charge is 2.36. The quantitative estimate of drug-likeness (QED) is 0.645. The fraction of sp³-hybridized carbons (Fsp3) is 1.00. The van der Waals surface area contributed by atoms with E-state index in [1.54, 1.807) is 0 Å². The lowest BCUT2D eigenvalue weighted by Gasteiger charge is -2.38. The molecule has 0 bridgehead atoms. The molecule has 0 aromatic rings. The Bertz CT molecular complexity index is 177. The molecule has 2 rings (SSSR count). The first kappa shape index (κ1) is 11.9. The maximum atomic E-state index is 2.41. The minimum absolute atomic E-state index is 0.533. The molecule has 2 aliphatic heterocycles. The van der Waals surface area contributed by atoms with Gasteiger partial charge in [-0.1, -0.05) is 6.92 Å².